The first-order chi connectivity index (χ1) is 13.8. The molecule has 1 aromatic heterocycles. The van der Waals surface area contributed by atoms with Crippen LogP contribution in [0.4, 0.5) is 5.95 Å². The van der Waals surface area contributed by atoms with E-state index in [-0.39, 0.29) is 12.3 Å². The van der Waals surface area contributed by atoms with Crippen LogP contribution in [0.25, 0.3) is 0 Å². The van der Waals surface area contributed by atoms with Gasteiger partial charge >= 0.3 is 0 Å². The van der Waals surface area contributed by atoms with Crippen LogP contribution in [0.15, 0.2) is 63.7 Å². The zero-order valence-corrected chi connectivity index (χ0v) is 17.7. The maximum atomic E-state index is 12.6. The van der Waals surface area contributed by atoms with E-state index in [9.17, 15) is 9.59 Å². The van der Waals surface area contributed by atoms with Crippen LogP contribution in [0.5, 0.6) is 0 Å². The lowest BCUT2D eigenvalue weighted by molar-refractivity contribution is -0.127. The Balaban J connectivity index is 2.00. The number of allylic oxidation sites excluding steroid dienone is 4. The van der Waals surface area contributed by atoms with E-state index >= 15 is 0 Å². The van der Waals surface area contributed by atoms with Crippen LogP contribution in [-0.2, 0) is 17.8 Å². The van der Waals surface area contributed by atoms with Crippen molar-refractivity contribution < 1.29 is 4.79 Å². The Morgan fingerprint density at radius 1 is 1.28 bits per heavy atom. The molecule has 7 heteroatoms. The van der Waals surface area contributed by atoms with Gasteiger partial charge in [0.1, 0.15) is 0 Å². The van der Waals surface area contributed by atoms with Crippen molar-refractivity contribution in [2.75, 3.05) is 19.4 Å². The maximum absolute atomic E-state index is 12.6. The molecule has 0 atom stereocenters. The summed E-state index contributed by atoms with van der Waals surface area (Å²) in [5, 5.41) is 4.02. The number of nitrogens with zero attached hydrogens (tertiary/aromatic N) is 3. The first-order valence-electron chi connectivity index (χ1n) is 9.52. The minimum atomic E-state index is -0.400. The Hall–Kier alpha value is -2.86. The van der Waals surface area contributed by atoms with Gasteiger partial charge in [-0.1, -0.05) is 48.0 Å². The number of carbonyl (C=O) groups is 1. The highest BCUT2D eigenvalue weighted by Crippen LogP contribution is 2.28. The minimum absolute atomic E-state index is 0.0180. The third-order valence-corrected chi connectivity index (χ3v) is 5.33. The summed E-state index contributed by atoms with van der Waals surface area (Å²) in [4.78, 5) is 30.5. The van der Waals surface area contributed by atoms with Crippen molar-refractivity contribution in [3.05, 3.63) is 80.4 Å². The van der Waals surface area contributed by atoms with Crippen LogP contribution in [-0.4, -0.2) is 34.5 Å². The van der Waals surface area contributed by atoms with Gasteiger partial charge in [0.2, 0.25) is 11.9 Å². The third-order valence-electron chi connectivity index (χ3n) is 4.89. The molecule has 1 heterocycles. The van der Waals surface area contributed by atoms with Gasteiger partial charge in [-0.05, 0) is 30.9 Å². The number of likely N-dealkylation sites (N-methyl/N-ethyl adjacent to an activating group) is 1. The zero-order valence-electron chi connectivity index (χ0n) is 16.9. The largest absolute Gasteiger partial charge is 0.349 e. The van der Waals surface area contributed by atoms with Crippen molar-refractivity contribution in [3.63, 3.8) is 0 Å². The van der Waals surface area contributed by atoms with Gasteiger partial charge in [-0.15, -0.1) is 0 Å². The number of hydrogen-bond acceptors (Lipinski definition) is 4. The lowest BCUT2D eigenvalue weighted by atomic mass is 10.0. The number of carbonyl (C=O) groups excluding carboxylic acids is 1. The van der Waals surface area contributed by atoms with Gasteiger partial charge in [0.15, 0.2) is 0 Å². The fraction of sp³-hybridized carbons (Fsp3) is 0.318. The quantitative estimate of drug-likeness (QED) is 0.788. The Labute approximate surface area is 175 Å². The number of aromatic nitrogens is 2. The van der Waals surface area contributed by atoms with Crippen molar-refractivity contribution >= 4 is 23.5 Å². The molecule has 3 rings (SSSR count). The van der Waals surface area contributed by atoms with Crippen molar-refractivity contribution in [1.29, 1.82) is 0 Å². The van der Waals surface area contributed by atoms with Gasteiger partial charge in [-0.3, -0.25) is 9.59 Å². The summed E-state index contributed by atoms with van der Waals surface area (Å²) in [5.41, 5.74) is 2.94. The van der Waals surface area contributed by atoms with Gasteiger partial charge in [0.05, 0.1) is 13.0 Å². The summed E-state index contributed by atoms with van der Waals surface area (Å²) in [6.07, 6.45) is 5.36. The smallest absolute Gasteiger partial charge is 0.278 e. The SMILES string of the molecule is CC1=C(Nc2nc(=O)c(CC(=O)N(C)C)cn2Cc2ccccc2)CCC=C1Cl. The second kappa shape index (κ2) is 9.09. The molecule has 1 aromatic carbocycles. The highest BCUT2D eigenvalue weighted by Gasteiger charge is 2.17. The first kappa shape index (κ1) is 20.9. The van der Waals surface area contributed by atoms with E-state index in [1.54, 1.807) is 20.3 Å². The molecule has 2 aromatic rings. The van der Waals surface area contributed by atoms with Gasteiger partial charge in [0.25, 0.3) is 5.56 Å². The summed E-state index contributed by atoms with van der Waals surface area (Å²) in [7, 11) is 3.34. The lowest BCUT2D eigenvalue weighted by Gasteiger charge is -2.21. The maximum Gasteiger partial charge on any atom is 0.278 e. The van der Waals surface area contributed by atoms with E-state index in [2.05, 4.69) is 10.3 Å². The second-order valence-corrected chi connectivity index (χ2v) is 7.70. The molecule has 29 heavy (non-hydrogen) atoms. The average molecular weight is 413 g/mol. The van der Waals surface area contributed by atoms with Gasteiger partial charge < -0.3 is 14.8 Å². The number of hydrogen-bond donors (Lipinski definition) is 1. The summed E-state index contributed by atoms with van der Waals surface area (Å²) in [6.45, 7) is 2.47. The fourth-order valence-electron chi connectivity index (χ4n) is 3.10. The molecule has 0 saturated heterocycles. The molecule has 1 aliphatic rings. The number of nitrogens with one attached hydrogen (secondary N) is 1. The second-order valence-electron chi connectivity index (χ2n) is 7.29. The molecular weight excluding hydrogens is 388 g/mol. The molecule has 0 aliphatic heterocycles. The van der Waals surface area contributed by atoms with Crippen molar-refractivity contribution in [2.24, 2.45) is 0 Å². The zero-order chi connectivity index (χ0) is 21.0. The lowest BCUT2D eigenvalue weighted by Crippen LogP contribution is -2.29. The van der Waals surface area contributed by atoms with Crippen LogP contribution in [0.2, 0.25) is 0 Å². The Kier molecular flexibility index (Phi) is 6.54. The highest BCUT2D eigenvalue weighted by atomic mass is 35.5. The molecule has 1 N–H and O–H groups in total. The minimum Gasteiger partial charge on any atom is -0.349 e. The van der Waals surface area contributed by atoms with E-state index in [0.29, 0.717) is 23.1 Å². The van der Waals surface area contributed by atoms with E-state index in [0.717, 1.165) is 29.7 Å². The summed E-state index contributed by atoms with van der Waals surface area (Å²) >= 11 is 6.27. The topological polar surface area (TPSA) is 67.2 Å². The first-order valence-corrected chi connectivity index (χ1v) is 9.90. The standard InChI is InChI=1S/C22H25ClN4O2/c1-15-18(23)10-7-11-19(15)24-22-25-21(29)17(12-20(28)26(2)3)14-27(22)13-16-8-5-4-6-9-16/h4-6,8-10,14H,7,11-13H2,1-3H3,(H,24,25,29). The molecule has 0 bridgehead atoms. The number of benzene rings is 1. The third kappa shape index (κ3) is 5.15. The normalized spacial score (nSPS) is 13.9. The molecule has 0 saturated carbocycles. The Bertz CT molecular complexity index is 1020. The van der Waals surface area contributed by atoms with Gasteiger partial charge in [-0.25, -0.2) is 0 Å². The predicted octanol–water partition coefficient (Wildman–Crippen LogP) is 3.52. The van der Waals surface area contributed by atoms with Crippen molar-refractivity contribution in [1.82, 2.24) is 14.5 Å². The molecule has 6 nitrogen and oxygen atoms in total. The van der Waals surface area contributed by atoms with E-state index in [4.69, 9.17) is 11.6 Å². The molecule has 152 valence electrons. The van der Waals surface area contributed by atoms with E-state index in [1.165, 1.54) is 4.90 Å². The van der Waals surface area contributed by atoms with Crippen LogP contribution in [0, 0.1) is 0 Å². The number of halogens is 1. The number of rotatable bonds is 6. The summed E-state index contributed by atoms with van der Waals surface area (Å²) in [5.74, 6) is 0.305. The molecule has 0 fully saturated rings. The Morgan fingerprint density at radius 2 is 2.00 bits per heavy atom. The predicted molar refractivity (Wildman–Crippen MR) is 116 cm³/mol. The molecule has 0 radical (unpaired) electrons. The van der Waals surface area contributed by atoms with E-state index in [1.807, 2.05) is 47.9 Å². The molecule has 1 amide bonds. The fourth-order valence-corrected chi connectivity index (χ4v) is 3.32. The van der Waals surface area contributed by atoms with Crippen LogP contribution in [0.3, 0.4) is 0 Å². The molecule has 1 aliphatic carbocycles. The van der Waals surface area contributed by atoms with Crippen LogP contribution in [0.1, 0.15) is 30.9 Å². The highest BCUT2D eigenvalue weighted by molar-refractivity contribution is 6.32. The van der Waals surface area contributed by atoms with Gasteiger partial charge in [0, 0.05) is 36.6 Å². The van der Waals surface area contributed by atoms with Crippen LogP contribution >= 0.6 is 11.6 Å². The van der Waals surface area contributed by atoms with E-state index < -0.39 is 5.56 Å². The monoisotopic (exact) mass is 412 g/mol. The molecular formula is C22H25ClN4O2. The number of anilines is 1. The molecule has 0 spiro atoms. The summed E-state index contributed by atoms with van der Waals surface area (Å²) < 4.78 is 1.88. The Morgan fingerprint density at radius 3 is 2.69 bits per heavy atom. The van der Waals surface area contributed by atoms with Gasteiger partial charge in [-0.2, -0.15) is 4.98 Å². The number of amides is 1. The van der Waals surface area contributed by atoms with Crippen molar-refractivity contribution in [2.45, 2.75) is 32.7 Å². The average Bonchev–Trinajstić information content (AvgIpc) is 2.69. The molecule has 0 unspecified atom stereocenters. The summed E-state index contributed by atoms with van der Waals surface area (Å²) in [6, 6.07) is 9.91. The van der Waals surface area contributed by atoms with Crippen molar-refractivity contribution in [3.8, 4) is 0 Å². The van der Waals surface area contributed by atoms with Crippen LogP contribution < -0.4 is 10.9 Å².